The summed E-state index contributed by atoms with van der Waals surface area (Å²) in [7, 11) is 0. The molecule has 0 radical (unpaired) electrons. The van der Waals surface area contributed by atoms with Gasteiger partial charge in [-0.3, -0.25) is 14.4 Å². The Balaban J connectivity index is 1.71. The molecular weight excluding hydrogens is 572 g/mol. The number of hydrogen-bond donors (Lipinski definition) is 5. The number of nitrogens with two attached hydrogens (primary N) is 1. The Morgan fingerprint density at radius 3 is 2.38 bits per heavy atom. The molecule has 4 rings (SSSR count). The zero-order chi connectivity index (χ0) is 32.7. The number of hydrogen-bond acceptors (Lipinski definition) is 6. The Morgan fingerprint density at radius 1 is 1.02 bits per heavy atom. The number of rotatable bonds is 14. The summed E-state index contributed by atoms with van der Waals surface area (Å²) in [6.45, 7) is 6.22. The van der Waals surface area contributed by atoms with Crippen LogP contribution >= 0.6 is 0 Å². The molecule has 1 saturated heterocycles. The first-order chi connectivity index (χ1) is 21.4. The van der Waals surface area contributed by atoms with Crippen LogP contribution in [0.2, 0.25) is 0 Å². The molecule has 0 spiro atoms. The Hall–Kier alpha value is -4.44. The molecular formula is C35H44N4O6. The molecule has 0 unspecified atom stereocenters. The number of amides is 2. The number of carbonyl (C=O) groups is 4. The summed E-state index contributed by atoms with van der Waals surface area (Å²) in [4.78, 5) is 52.8. The molecule has 10 nitrogen and oxygen atoms in total. The van der Waals surface area contributed by atoms with Crippen molar-refractivity contribution in [2.75, 3.05) is 5.32 Å². The van der Waals surface area contributed by atoms with Crippen LogP contribution in [0, 0.1) is 0 Å². The first kappa shape index (κ1) is 33.5. The lowest BCUT2D eigenvalue weighted by molar-refractivity contribution is -0.145. The standard InChI is InChI=1S/C35H44N4O6/c1-22(2)10-9-11-23(3)18-19-35-21-29(31(42)37-28(33(44)45)16-17-30(40)41)39(34(35)38-27-15-8-7-14-25(27)35)32(43)26(36)20-24-12-5-4-6-13-24/h4-8,10,12-15,18,26,28-29,34,38H,9,11,16-17,19-21,36H2,1-3H3,(H,37,42)(H,40,41)(H,44,45)/b23-18+/t26-,28+,29+,34-,35-/m1/s1. The number of benzene rings is 2. The van der Waals surface area contributed by atoms with Gasteiger partial charge in [-0.25, -0.2) is 4.79 Å². The van der Waals surface area contributed by atoms with Gasteiger partial charge >= 0.3 is 11.9 Å². The van der Waals surface area contributed by atoms with Gasteiger partial charge in [0.25, 0.3) is 0 Å². The summed E-state index contributed by atoms with van der Waals surface area (Å²) in [5.41, 5.74) is 11.0. The van der Waals surface area contributed by atoms with Gasteiger partial charge in [0.05, 0.1) is 6.04 Å². The van der Waals surface area contributed by atoms with Gasteiger partial charge in [0.1, 0.15) is 18.2 Å². The maximum Gasteiger partial charge on any atom is 0.326 e. The third-order valence-corrected chi connectivity index (χ3v) is 8.79. The fraction of sp³-hybridized carbons (Fsp3) is 0.429. The van der Waals surface area contributed by atoms with Gasteiger partial charge in [-0.2, -0.15) is 0 Å². The molecule has 6 N–H and O–H groups in total. The summed E-state index contributed by atoms with van der Waals surface area (Å²) in [5.74, 6) is -3.58. The minimum Gasteiger partial charge on any atom is -0.481 e. The lowest BCUT2D eigenvalue weighted by Crippen LogP contribution is -2.58. The first-order valence-electron chi connectivity index (χ1n) is 15.4. The molecule has 10 heteroatoms. The van der Waals surface area contributed by atoms with Crippen molar-refractivity contribution in [3.63, 3.8) is 0 Å². The SMILES string of the molecule is CC(C)=CCC/C(C)=C/C[C@]12C[C@@H](C(=O)N[C@@H](CCC(=O)O)C(=O)O)N(C(=O)[C@H](N)Cc3ccccc3)[C@H]1Nc1ccccc12. The van der Waals surface area contributed by atoms with Crippen LogP contribution in [0.25, 0.3) is 0 Å². The van der Waals surface area contributed by atoms with Gasteiger partial charge in [0, 0.05) is 17.5 Å². The maximum absolute atomic E-state index is 14.2. The molecule has 0 saturated carbocycles. The van der Waals surface area contributed by atoms with Crippen molar-refractivity contribution in [1.29, 1.82) is 0 Å². The zero-order valence-corrected chi connectivity index (χ0v) is 26.2. The summed E-state index contributed by atoms with van der Waals surface area (Å²) < 4.78 is 0. The van der Waals surface area contributed by atoms with Crippen molar-refractivity contribution < 1.29 is 29.4 Å². The second-order valence-corrected chi connectivity index (χ2v) is 12.4. The Labute approximate surface area is 264 Å². The second kappa shape index (κ2) is 14.6. The molecule has 240 valence electrons. The highest BCUT2D eigenvalue weighted by Gasteiger charge is 2.60. The largest absolute Gasteiger partial charge is 0.481 e. The minimum absolute atomic E-state index is 0.236. The van der Waals surface area contributed by atoms with E-state index in [2.05, 4.69) is 43.6 Å². The number of aliphatic carboxylic acids is 2. The van der Waals surface area contributed by atoms with Crippen LogP contribution in [0.3, 0.4) is 0 Å². The average Bonchev–Trinajstić information content (AvgIpc) is 3.49. The fourth-order valence-electron chi connectivity index (χ4n) is 6.45. The normalized spacial score (nSPS) is 21.6. The monoisotopic (exact) mass is 616 g/mol. The van der Waals surface area contributed by atoms with Gasteiger partial charge in [-0.1, -0.05) is 71.8 Å². The smallest absolute Gasteiger partial charge is 0.326 e. The van der Waals surface area contributed by atoms with Gasteiger partial charge in [-0.05, 0) is 76.5 Å². The molecule has 2 aromatic rings. The van der Waals surface area contributed by atoms with E-state index >= 15 is 0 Å². The van der Waals surface area contributed by atoms with E-state index < -0.39 is 59.9 Å². The van der Waals surface area contributed by atoms with Crippen molar-refractivity contribution in [1.82, 2.24) is 10.2 Å². The summed E-state index contributed by atoms with van der Waals surface area (Å²) in [6, 6.07) is 13.8. The molecule has 0 aromatic heterocycles. The molecule has 5 atom stereocenters. The predicted molar refractivity (Wildman–Crippen MR) is 172 cm³/mol. The lowest BCUT2D eigenvalue weighted by atomic mass is 9.74. The van der Waals surface area contributed by atoms with Crippen molar-refractivity contribution in [2.45, 2.75) is 95.4 Å². The third kappa shape index (κ3) is 7.81. The highest BCUT2D eigenvalue weighted by atomic mass is 16.4. The highest BCUT2D eigenvalue weighted by Crippen LogP contribution is 2.53. The van der Waals surface area contributed by atoms with Crippen LogP contribution in [0.5, 0.6) is 0 Å². The van der Waals surface area contributed by atoms with Gasteiger partial charge in [-0.15, -0.1) is 0 Å². The fourth-order valence-corrected chi connectivity index (χ4v) is 6.45. The van der Waals surface area contributed by atoms with Crippen LogP contribution in [0.15, 0.2) is 77.9 Å². The topological polar surface area (TPSA) is 162 Å². The quantitative estimate of drug-likeness (QED) is 0.196. The lowest BCUT2D eigenvalue weighted by Gasteiger charge is -2.34. The number of carboxylic acids is 2. The molecule has 2 heterocycles. The van der Waals surface area contributed by atoms with Crippen molar-refractivity contribution >= 4 is 29.4 Å². The van der Waals surface area contributed by atoms with Crippen molar-refractivity contribution in [3.8, 4) is 0 Å². The van der Waals surface area contributed by atoms with Crippen LogP contribution in [-0.4, -0.2) is 63.2 Å². The van der Waals surface area contributed by atoms with Crippen molar-refractivity contribution in [2.24, 2.45) is 5.73 Å². The van der Waals surface area contributed by atoms with Gasteiger partial charge in [0.2, 0.25) is 11.8 Å². The zero-order valence-electron chi connectivity index (χ0n) is 26.2. The summed E-state index contributed by atoms with van der Waals surface area (Å²) >= 11 is 0. The number of fused-ring (bicyclic) bond motifs is 3. The van der Waals surface area contributed by atoms with Crippen LogP contribution in [0.4, 0.5) is 5.69 Å². The van der Waals surface area contributed by atoms with Crippen LogP contribution in [-0.2, 0) is 31.0 Å². The number of nitrogens with one attached hydrogen (secondary N) is 2. The minimum atomic E-state index is -1.42. The van der Waals surface area contributed by atoms with E-state index in [1.165, 1.54) is 16.0 Å². The number of nitrogens with zero attached hydrogens (tertiary/aromatic N) is 1. The van der Waals surface area contributed by atoms with E-state index in [0.29, 0.717) is 6.42 Å². The Morgan fingerprint density at radius 2 is 1.71 bits per heavy atom. The van der Waals surface area contributed by atoms with Gasteiger partial charge in [0.15, 0.2) is 0 Å². The molecule has 2 aliphatic heterocycles. The van der Waals surface area contributed by atoms with Gasteiger partial charge < -0.3 is 31.5 Å². The van der Waals surface area contributed by atoms with E-state index in [1.807, 2.05) is 54.6 Å². The first-order valence-corrected chi connectivity index (χ1v) is 15.4. The summed E-state index contributed by atoms with van der Waals surface area (Å²) in [6.07, 6.45) is 5.88. The molecule has 1 fully saturated rings. The van der Waals surface area contributed by atoms with Crippen LogP contribution < -0.4 is 16.4 Å². The molecule has 2 amide bonds. The van der Waals surface area contributed by atoms with E-state index in [1.54, 1.807) is 0 Å². The molecule has 2 aromatic carbocycles. The van der Waals surface area contributed by atoms with E-state index in [-0.39, 0.29) is 19.3 Å². The number of para-hydroxylation sites is 1. The molecule has 45 heavy (non-hydrogen) atoms. The third-order valence-electron chi connectivity index (χ3n) is 8.79. The number of allylic oxidation sites excluding steroid dienone is 4. The van der Waals surface area contributed by atoms with Crippen LogP contribution in [0.1, 0.15) is 70.4 Å². The van der Waals surface area contributed by atoms with E-state index in [0.717, 1.165) is 29.7 Å². The molecule has 0 bridgehead atoms. The Bertz CT molecular complexity index is 1470. The molecule has 0 aliphatic carbocycles. The number of anilines is 1. The number of carbonyl (C=O) groups excluding carboxylic acids is 2. The summed E-state index contributed by atoms with van der Waals surface area (Å²) in [5, 5.41) is 24.9. The second-order valence-electron chi connectivity index (χ2n) is 12.4. The van der Waals surface area contributed by atoms with E-state index in [4.69, 9.17) is 10.8 Å². The Kier molecular flexibility index (Phi) is 10.8. The number of likely N-dealkylation sites (tertiary alicyclic amines) is 1. The maximum atomic E-state index is 14.2. The predicted octanol–water partition coefficient (Wildman–Crippen LogP) is 4.36. The molecule has 2 aliphatic rings. The van der Waals surface area contributed by atoms with E-state index in [9.17, 15) is 24.3 Å². The van der Waals surface area contributed by atoms with Crippen molar-refractivity contribution in [3.05, 3.63) is 89.0 Å². The average molecular weight is 617 g/mol. The number of carboxylic acid groups (broad SMARTS) is 2. The highest BCUT2D eigenvalue weighted by molar-refractivity contribution is 5.94.